The van der Waals surface area contributed by atoms with Crippen LogP contribution >= 0.6 is 11.6 Å². The van der Waals surface area contributed by atoms with E-state index in [9.17, 15) is 4.21 Å². The van der Waals surface area contributed by atoms with Crippen molar-refractivity contribution in [2.45, 2.75) is 56.3 Å². The zero-order chi connectivity index (χ0) is 19.3. The molecular formula is C20H26ClN4O2S+. The normalized spacial score (nSPS) is 28.9. The minimum atomic E-state index is 0.0250. The Morgan fingerprint density at radius 3 is 2.57 bits per heavy atom. The number of morpholine rings is 1. The van der Waals surface area contributed by atoms with Gasteiger partial charge in [0.2, 0.25) is 0 Å². The zero-order valence-corrected chi connectivity index (χ0v) is 17.4. The Morgan fingerprint density at radius 2 is 1.89 bits per heavy atom. The van der Waals surface area contributed by atoms with Gasteiger partial charge in [0.15, 0.2) is 0 Å². The summed E-state index contributed by atoms with van der Waals surface area (Å²) in [4.78, 5) is 6.69. The maximum absolute atomic E-state index is 11.0. The highest BCUT2D eigenvalue weighted by atomic mass is 35.5. The van der Waals surface area contributed by atoms with Crippen molar-refractivity contribution in [3.8, 4) is 0 Å². The standard InChI is InChI=1S/C20H26ClN4O2S/c21-16-3-1-15(2-4-16)9-19-11-27-20(12-28-26)10-24(19)17-5-7-18(8-6-17)25-14-22-13-23-25/h1-4,13-14,17-20H,5-12H2/q+1/t17?,18?,19-,20+/m0/s1. The number of halogens is 1. The van der Waals surface area contributed by atoms with Crippen molar-refractivity contribution in [3.63, 3.8) is 0 Å². The van der Waals surface area contributed by atoms with Crippen LogP contribution in [0.1, 0.15) is 37.3 Å². The van der Waals surface area contributed by atoms with Crippen LogP contribution in [-0.4, -0.2) is 56.8 Å². The molecule has 0 spiro atoms. The minimum absolute atomic E-state index is 0.0250. The number of benzene rings is 1. The van der Waals surface area contributed by atoms with E-state index in [1.807, 2.05) is 23.1 Å². The Balaban J connectivity index is 1.43. The van der Waals surface area contributed by atoms with Gasteiger partial charge in [-0.1, -0.05) is 23.7 Å². The van der Waals surface area contributed by atoms with Gasteiger partial charge in [-0.25, -0.2) is 9.67 Å². The van der Waals surface area contributed by atoms with Crippen LogP contribution in [0, 0.1) is 0 Å². The van der Waals surface area contributed by atoms with E-state index < -0.39 is 0 Å². The lowest BCUT2D eigenvalue weighted by Crippen LogP contribution is -2.56. The van der Waals surface area contributed by atoms with Crippen LogP contribution in [0.4, 0.5) is 0 Å². The molecule has 1 aliphatic heterocycles. The molecule has 2 aromatic rings. The third-order valence-corrected chi connectivity index (χ3v) is 6.75. The molecule has 0 bridgehead atoms. The molecule has 2 heterocycles. The first kappa shape index (κ1) is 19.9. The first-order valence-corrected chi connectivity index (χ1v) is 11.2. The Hall–Kier alpha value is -1.41. The molecule has 2 atom stereocenters. The molecule has 0 N–H and O–H groups in total. The summed E-state index contributed by atoms with van der Waals surface area (Å²) in [5.74, 6) is 0.512. The average Bonchev–Trinajstić information content (AvgIpc) is 3.26. The van der Waals surface area contributed by atoms with Gasteiger partial charge in [-0.15, -0.1) is 0 Å². The molecule has 28 heavy (non-hydrogen) atoms. The summed E-state index contributed by atoms with van der Waals surface area (Å²) in [6.45, 7) is 1.52. The lowest BCUT2D eigenvalue weighted by atomic mass is 9.88. The minimum Gasteiger partial charge on any atom is -0.369 e. The summed E-state index contributed by atoms with van der Waals surface area (Å²) in [6.07, 6.45) is 8.90. The zero-order valence-electron chi connectivity index (χ0n) is 15.8. The SMILES string of the molecule is O=[S+]C[C@H]1CN(C2CCC(n3cncn3)CC2)[C@@H](Cc2ccc(Cl)cc2)CO1. The van der Waals surface area contributed by atoms with Gasteiger partial charge in [0.05, 0.1) is 12.6 Å². The van der Waals surface area contributed by atoms with Gasteiger partial charge in [-0.3, -0.25) is 4.90 Å². The van der Waals surface area contributed by atoms with Gasteiger partial charge in [-0.2, -0.15) is 5.10 Å². The van der Waals surface area contributed by atoms with Crippen molar-refractivity contribution in [2.24, 2.45) is 0 Å². The van der Waals surface area contributed by atoms with Crippen LogP contribution < -0.4 is 0 Å². The summed E-state index contributed by atoms with van der Waals surface area (Å²) in [7, 11) is 0. The molecule has 1 aromatic carbocycles. The maximum Gasteiger partial charge on any atom is 0.461 e. The van der Waals surface area contributed by atoms with E-state index in [2.05, 4.69) is 27.1 Å². The van der Waals surface area contributed by atoms with Crippen LogP contribution in [0.2, 0.25) is 5.02 Å². The van der Waals surface area contributed by atoms with E-state index >= 15 is 0 Å². The van der Waals surface area contributed by atoms with E-state index in [0.717, 1.165) is 43.7 Å². The van der Waals surface area contributed by atoms with E-state index in [-0.39, 0.29) is 6.10 Å². The smallest absolute Gasteiger partial charge is 0.369 e. The molecule has 6 nitrogen and oxygen atoms in total. The quantitative estimate of drug-likeness (QED) is 0.670. The first-order valence-electron chi connectivity index (χ1n) is 9.93. The molecule has 8 heteroatoms. The predicted octanol–water partition coefficient (Wildman–Crippen LogP) is 3.16. The number of hydrogen-bond acceptors (Lipinski definition) is 5. The van der Waals surface area contributed by atoms with Crippen LogP contribution in [0.25, 0.3) is 0 Å². The average molecular weight is 422 g/mol. The van der Waals surface area contributed by atoms with Crippen molar-refractivity contribution in [1.29, 1.82) is 0 Å². The Bertz CT molecular complexity index is 750. The van der Waals surface area contributed by atoms with E-state index in [0.29, 0.717) is 42.2 Å². The molecule has 1 aromatic heterocycles. The van der Waals surface area contributed by atoms with Crippen molar-refractivity contribution < 1.29 is 8.95 Å². The largest absolute Gasteiger partial charge is 0.461 e. The van der Waals surface area contributed by atoms with E-state index in [4.69, 9.17) is 16.3 Å². The second-order valence-corrected chi connectivity index (χ2v) is 8.76. The van der Waals surface area contributed by atoms with Gasteiger partial charge in [-0.05, 0) is 49.8 Å². The first-order chi connectivity index (χ1) is 13.7. The highest BCUT2D eigenvalue weighted by Crippen LogP contribution is 2.33. The fourth-order valence-electron chi connectivity index (χ4n) is 4.53. The molecule has 4 rings (SSSR count). The Morgan fingerprint density at radius 1 is 1.14 bits per heavy atom. The molecule has 1 aliphatic carbocycles. The highest BCUT2D eigenvalue weighted by Gasteiger charge is 2.37. The van der Waals surface area contributed by atoms with E-state index in [1.165, 1.54) is 5.56 Å². The van der Waals surface area contributed by atoms with Crippen molar-refractivity contribution in [3.05, 3.63) is 47.5 Å². The number of aromatic nitrogens is 3. The molecule has 0 amide bonds. The topological polar surface area (TPSA) is 60.2 Å². The molecule has 1 saturated heterocycles. The lowest BCUT2D eigenvalue weighted by molar-refractivity contribution is -0.0762. The molecular weight excluding hydrogens is 396 g/mol. The molecule has 2 aliphatic rings. The summed E-state index contributed by atoms with van der Waals surface area (Å²) in [5, 5.41) is 5.08. The Kier molecular flexibility index (Phi) is 6.67. The lowest BCUT2D eigenvalue weighted by Gasteiger charge is -2.45. The summed E-state index contributed by atoms with van der Waals surface area (Å²) >= 11 is 6.66. The van der Waals surface area contributed by atoms with Crippen LogP contribution in [0.3, 0.4) is 0 Å². The fourth-order valence-corrected chi connectivity index (χ4v) is 5.01. The summed E-state index contributed by atoms with van der Waals surface area (Å²) in [5.41, 5.74) is 1.27. The van der Waals surface area contributed by atoms with Gasteiger partial charge in [0, 0.05) is 27.9 Å². The molecule has 1 saturated carbocycles. The fraction of sp³-hybridized carbons (Fsp3) is 0.600. The highest BCUT2D eigenvalue weighted by molar-refractivity contribution is 7.65. The molecule has 2 fully saturated rings. The van der Waals surface area contributed by atoms with Crippen molar-refractivity contribution >= 4 is 23.3 Å². The number of rotatable bonds is 6. The maximum atomic E-state index is 11.0. The van der Waals surface area contributed by atoms with Crippen LogP contribution in [0.15, 0.2) is 36.9 Å². The third kappa shape index (κ3) is 4.76. The second-order valence-electron chi connectivity index (χ2n) is 7.76. The van der Waals surface area contributed by atoms with Gasteiger partial charge < -0.3 is 4.74 Å². The van der Waals surface area contributed by atoms with Crippen LogP contribution in [0.5, 0.6) is 0 Å². The van der Waals surface area contributed by atoms with E-state index in [1.54, 1.807) is 6.33 Å². The van der Waals surface area contributed by atoms with Gasteiger partial charge in [0.1, 0.15) is 18.8 Å². The number of hydrogen-bond donors (Lipinski definition) is 0. The van der Waals surface area contributed by atoms with Gasteiger partial charge >= 0.3 is 11.7 Å². The molecule has 0 radical (unpaired) electrons. The summed E-state index contributed by atoms with van der Waals surface area (Å²) in [6, 6.07) is 9.41. The van der Waals surface area contributed by atoms with Gasteiger partial charge in [0.25, 0.3) is 5.75 Å². The monoisotopic (exact) mass is 421 g/mol. The second kappa shape index (κ2) is 9.39. The van der Waals surface area contributed by atoms with Crippen LogP contribution in [-0.2, 0) is 27.0 Å². The molecule has 150 valence electrons. The number of ether oxygens (including phenoxy) is 1. The Labute approximate surface area is 174 Å². The van der Waals surface area contributed by atoms with Crippen molar-refractivity contribution in [2.75, 3.05) is 18.9 Å². The summed E-state index contributed by atoms with van der Waals surface area (Å²) < 4.78 is 19.1. The predicted molar refractivity (Wildman–Crippen MR) is 110 cm³/mol. The molecule has 0 unspecified atom stereocenters. The van der Waals surface area contributed by atoms with Crippen molar-refractivity contribution in [1.82, 2.24) is 19.7 Å². The third-order valence-electron chi connectivity index (χ3n) is 5.99. The number of nitrogens with zero attached hydrogens (tertiary/aromatic N) is 4.